The molecule has 1 N–H and O–H groups in total. The zero-order valence-electron chi connectivity index (χ0n) is 18.0. The summed E-state index contributed by atoms with van der Waals surface area (Å²) in [7, 11) is -3.31. The number of piperidine rings is 1. The molecular formula is C22H25N5O3S2. The monoisotopic (exact) mass is 471 g/mol. The SMILES string of the molecule is Cc1ccnc(Nc2cccc(-c3cnc(C4CCN(C(=O)CS(C)(=O)=O)CC4)s3)n2)c1. The molecule has 4 heterocycles. The van der Waals surface area contributed by atoms with Crippen molar-refractivity contribution < 1.29 is 13.2 Å². The number of carbonyl (C=O) groups excluding carboxylic acids is 1. The van der Waals surface area contributed by atoms with Gasteiger partial charge < -0.3 is 10.2 Å². The topological polar surface area (TPSA) is 105 Å². The van der Waals surface area contributed by atoms with Crippen LogP contribution in [0.5, 0.6) is 0 Å². The van der Waals surface area contributed by atoms with Crippen LogP contribution in [0.2, 0.25) is 0 Å². The summed E-state index contributed by atoms with van der Waals surface area (Å²) in [6, 6.07) is 9.72. The Kier molecular flexibility index (Phi) is 6.52. The Labute approximate surface area is 191 Å². The summed E-state index contributed by atoms with van der Waals surface area (Å²) in [5.74, 6) is 0.981. The van der Waals surface area contributed by atoms with Crippen molar-refractivity contribution in [1.82, 2.24) is 19.9 Å². The van der Waals surface area contributed by atoms with Gasteiger partial charge in [0, 0.05) is 37.7 Å². The number of hydrogen-bond acceptors (Lipinski definition) is 8. The van der Waals surface area contributed by atoms with Crippen LogP contribution in [0.4, 0.5) is 11.6 Å². The van der Waals surface area contributed by atoms with Gasteiger partial charge >= 0.3 is 0 Å². The lowest BCUT2D eigenvalue weighted by Crippen LogP contribution is -2.40. The van der Waals surface area contributed by atoms with Crippen molar-refractivity contribution in [3.8, 4) is 10.6 Å². The highest BCUT2D eigenvalue weighted by Gasteiger charge is 2.27. The number of aromatic nitrogens is 3. The van der Waals surface area contributed by atoms with Gasteiger partial charge in [-0.15, -0.1) is 11.3 Å². The molecule has 4 rings (SSSR count). The summed E-state index contributed by atoms with van der Waals surface area (Å²) in [5.41, 5.74) is 1.96. The van der Waals surface area contributed by atoms with E-state index in [0.717, 1.165) is 46.1 Å². The van der Waals surface area contributed by atoms with Crippen molar-refractivity contribution in [2.75, 3.05) is 30.4 Å². The molecular weight excluding hydrogens is 446 g/mol. The van der Waals surface area contributed by atoms with Crippen molar-refractivity contribution in [3.05, 3.63) is 53.3 Å². The molecule has 8 nitrogen and oxygen atoms in total. The Morgan fingerprint density at radius 2 is 1.97 bits per heavy atom. The van der Waals surface area contributed by atoms with E-state index in [9.17, 15) is 13.2 Å². The second-order valence-electron chi connectivity index (χ2n) is 8.04. The van der Waals surface area contributed by atoms with Crippen LogP contribution in [0, 0.1) is 6.92 Å². The molecule has 0 bridgehead atoms. The lowest BCUT2D eigenvalue weighted by molar-refractivity contribution is -0.129. The number of hydrogen-bond donors (Lipinski definition) is 1. The average molecular weight is 472 g/mol. The molecule has 0 spiro atoms. The minimum atomic E-state index is -3.31. The smallest absolute Gasteiger partial charge is 0.237 e. The van der Waals surface area contributed by atoms with Gasteiger partial charge in [0.2, 0.25) is 5.91 Å². The summed E-state index contributed by atoms with van der Waals surface area (Å²) >= 11 is 1.61. The quantitative estimate of drug-likeness (QED) is 0.587. The van der Waals surface area contributed by atoms with E-state index in [0.29, 0.717) is 18.9 Å². The molecule has 0 aliphatic carbocycles. The number of nitrogens with one attached hydrogen (secondary N) is 1. The van der Waals surface area contributed by atoms with E-state index >= 15 is 0 Å². The number of amides is 1. The molecule has 1 amide bonds. The minimum absolute atomic E-state index is 0.258. The fourth-order valence-electron chi connectivity index (χ4n) is 3.66. The third kappa shape index (κ3) is 5.68. The number of likely N-dealkylation sites (tertiary alicyclic amines) is 1. The standard InChI is InChI=1S/C22H25N5O3S2/c1-15-6-9-23-20(12-15)26-19-5-3-4-17(25-19)18-13-24-22(31-18)16-7-10-27(11-8-16)21(28)14-32(2,29)30/h3-6,9,12-13,16H,7-8,10-11,14H2,1-2H3,(H,23,25,26). The summed E-state index contributed by atoms with van der Waals surface area (Å²) in [6.07, 6.45) is 6.24. The summed E-state index contributed by atoms with van der Waals surface area (Å²) < 4.78 is 22.8. The molecule has 0 saturated carbocycles. The fourth-order valence-corrected chi connectivity index (χ4v) is 5.35. The van der Waals surface area contributed by atoms with E-state index in [-0.39, 0.29) is 11.8 Å². The molecule has 0 atom stereocenters. The maximum absolute atomic E-state index is 12.1. The van der Waals surface area contributed by atoms with Gasteiger partial charge in [-0.1, -0.05) is 6.07 Å². The highest BCUT2D eigenvalue weighted by Crippen LogP contribution is 2.34. The van der Waals surface area contributed by atoms with Crippen LogP contribution in [0.25, 0.3) is 10.6 Å². The molecule has 1 aliphatic heterocycles. The zero-order valence-corrected chi connectivity index (χ0v) is 19.6. The van der Waals surface area contributed by atoms with Crippen LogP contribution in [-0.4, -0.2) is 59.3 Å². The van der Waals surface area contributed by atoms with Crippen LogP contribution < -0.4 is 5.32 Å². The molecule has 0 aromatic carbocycles. The van der Waals surface area contributed by atoms with Gasteiger partial charge in [-0.05, 0) is 49.6 Å². The average Bonchev–Trinajstić information content (AvgIpc) is 3.23. The van der Waals surface area contributed by atoms with Gasteiger partial charge in [-0.2, -0.15) is 0 Å². The van der Waals surface area contributed by atoms with Crippen molar-refractivity contribution in [1.29, 1.82) is 0 Å². The van der Waals surface area contributed by atoms with Crippen LogP contribution in [0.15, 0.2) is 42.7 Å². The summed E-state index contributed by atoms with van der Waals surface area (Å²) in [4.78, 5) is 28.4. The Morgan fingerprint density at radius 3 is 2.69 bits per heavy atom. The van der Waals surface area contributed by atoms with Crippen molar-refractivity contribution in [3.63, 3.8) is 0 Å². The fraction of sp³-hybridized carbons (Fsp3) is 0.364. The summed E-state index contributed by atoms with van der Waals surface area (Å²) in [6.45, 7) is 3.12. The molecule has 32 heavy (non-hydrogen) atoms. The molecule has 1 fully saturated rings. The number of anilines is 2. The van der Waals surface area contributed by atoms with Crippen molar-refractivity contribution in [2.24, 2.45) is 0 Å². The van der Waals surface area contributed by atoms with Gasteiger partial charge in [-0.25, -0.2) is 23.4 Å². The Bertz CT molecular complexity index is 1220. The number of pyridine rings is 2. The molecule has 0 radical (unpaired) electrons. The number of thiazole rings is 1. The Morgan fingerprint density at radius 1 is 1.19 bits per heavy atom. The number of aryl methyl sites for hydroxylation is 1. The van der Waals surface area contributed by atoms with E-state index in [4.69, 9.17) is 4.98 Å². The second kappa shape index (κ2) is 9.33. The van der Waals surface area contributed by atoms with Gasteiger partial charge in [0.1, 0.15) is 17.4 Å². The predicted molar refractivity (Wildman–Crippen MR) is 126 cm³/mol. The van der Waals surface area contributed by atoms with Crippen LogP contribution in [0.3, 0.4) is 0 Å². The Balaban J connectivity index is 1.41. The van der Waals surface area contributed by atoms with Gasteiger partial charge in [-0.3, -0.25) is 4.79 Å². The van der Waals surface area contributed by atoms with Crippen LogP contribution >= 0.6 is 11.3 Å². The number of sulfone groups is 1. The first kappa shape index (κ1) is 22.3. The number of carbonyl (C=O) groups is 1. The molecule has 3 aromatic heterocycles. The molecule has 1 saturated heterocycles. The minimum Gasteiger partial charge on any atom is -0.342 e. The van der Waals surface area contributed by atoms with E-state index < -0.39 is 15.6 Å². The third-order valence-electron chi connectivity index (χ3n) is 5.28. The molecule has 1 aliphatic rings. The number of nitrogens with zero attached hydrogens (tertiary/aromatic N) is 4. The van der Waals surface area contributed by atoms with Gasteiger partial charge in [0.25, 0.3) is 0 Å². The summed E-state index contributed by atoms with van der Waals surface area (Å²) in [5, 5.41) is 4.26. The highest BCUT2D eigenvalue weighted by atomic mass is 32.2. The van der Waals surface area contributed by atoms with Crippen molar-refractivity contribution >= 4 is 38.7 Å². The molecule has 168 valence electrons. The van der Waals surface area contributed by atoms with E-state index in [1.54, 1.807) is 22.4 Å². The highest BCUT2D eigenvalue weighted by molar-refractivity contribution is 7.91. The van der Waals surface area contributed by atoms with Crippen molar-refractivity contribution in [2.45, 2.75) is 25.7 Å². The maximum Gasteiger partial charge on any atom is 0.237 e. The first-order chi connectivity index (χ1) is 15.3. The third-order valence-corrected chi connectivity index (χ3v) is 7.23. The lowest BCUT2D eigenvalue weighted by atomic mass is 9.97. The van der Waals surface area contributed by atoms with E-state index in [2.05, 4.69) is 15.3 Å². The maximum atomic E-state index is 12.1. The predicted octanol–water partition coefficient (Wildman–Crippen LogP) is 3.40. The van der Waals surface area contributed by atoms with Gasteiger partial charge in [0.15, 0.2) is 9.84 Å². The first-order valence-corrected chi connectivity index (χ1v) is 13.2. The molecule has 0 unspecified atom stereocenters. The molecule has 10 heteroatoms. The number of rotatable bonds is 6. The largest absolute Gasteiger partial charge is 0.342 e. The van der Waals surface area contributed by atoms with E-state index in [1.807, 2.05) is 43.5 Å². The van der Waals surface area contributed by atoms with Gasteiger partial charge in [0.05, 0.1) is 15.6 Å². The lowest BCUT2D eigenvalue weighted by Gasteiger charge is -2.31. The van der Waals surface area contributed by atoms with Crippen LogP contribution in [0.1, 0.15) is 29.3 Å². The van der Waals surface area contributed by atoms with Crippen LogP contribution in [-0.2, 0) is 14.6 Å². The molecule has 3 aromatic rings. The normalized spacial score (nSPS) is 15.0. The first-order valence-electron chi connectivity index (χ1n) is 10.4. The van der Waals surface area contributed by atoms with E-state index in [1.165, 1.54) is 0 Å². The zero-order chi connectivity index (χ0) is 22.7. The Hall–Kier alpha value is -2.85. The second-order valence-corrected chi connectivity index (χ2v) is 11.2.